The predicted molar refractivity (Wildman–Crippen MR) is 327 cm³/mol. The summed E-state index contributed by atoms with van der Waals surface area (Å²) in [4.78, 5) is 29.1. The van der Waals surface area contributed by atoms with Crippen LogP contribution in [0, 0.1) is 55.7 Å². The highest BCUT2D eigenvalue weighted by molar-refractivity contribution is 7.15. The summed E-state index contributed by atoms with van der Waals surface area (Å²) in [5.41, 5.74) is 6.41. The van der Waals surface area contributed by atoms with Crippen LogP contribution in [-0.2, 0) is 19.3 Å². The van der Waals surface area contributed by atoms with Crippen LogP contribution in [0.3, 0.4) is 0 Å². The number of aromatic nitrogens is 3. The van der Waals surface area contributed by atoms with E-state index in [2.05, 4.69) is 50.7 Å². The van der Waals surface area contributed by atoms with Crippen molar-refractivity contribution in [2.24, 2.45) is 15.0 Å². The summed E-state index contributed by atoms with van der Waals surface area (Å²) in [5, 5.41) is 2.48. The van der Waals surface area contributed by atoms with Crippen LogP contribution in [0.2, 0.25) is 0 Å². The van der Waals surface area contributed by atoms with Gasteiger partial charge in [0.05, 0.1) is 27.5 Å². The van der Waals surface area contributed by atoms with Gasteiger partial charge >= 0.3 is 0 Å². The fourth-order valence-corrected chi connectivity index (χ4v) is 10.7. The maximum atomic E-state index is 14.4. The highest BCUT2D eigenvalue weighted by atomic mass is 32.1. The van der Waals surface area contributed by atoms with Crippen molar-refractivity contribution in [2.45, 2.75) is 119 Å². The molecule has 0 aliphatic carbocycles. The highest BCUT2D eigenvalue weighted by Crippen LogP contribution is 2.31. The number of hydrogen-bond donors (Lipinski definition) is 0. The van der Waals surface area contributed by atoms with Crippen LogP contribution in [0.25, 0.3) is 33.4 Å². The van der Waals surface area contributed by atoms with Gasteiger partial charge < -0.3 is 0 Å². The maximum absolute atomic E-state index is 14.4. The third kappa shape index (κ3) is 18.7. The van der Waals surface area contributed by atoms with E-state index in [0.717, 1.165) is 53.4 Å². The van der Waals surface area contributed by atoms with Gasteiger partial charge in [-0.2, -0.15) is 0 Å². The molecule has 9 rings (SSSR count). The Balaban J connectivity index is 0.000000175. The molecular weight excluding hydrogens is 1090 g/mol. The first-order valence-electron chi connectivity index (χ1n) is 27.3. The lowest BCUT2D eigenvalue weighted by Crippen LogP contribution is -1.90. The molecule has 0 amide bonds. The molecule has 0 aliphatic heterocycles. The average Bonchev–Trinajstić information content (AvgIpc) is 4.25. The van der Waals surface area contributed by atoms with Crippen molar-refractivity contribution in [2.75, 3.05) is 0 Å². The van der Waals surface area contributed by atoms with Crippen molar-refractivity contribution < 1.29 is 26.3 Å². The van der Waals surface area contributed by atoms with E-state index in [9.17, 15) is 26.3 Å². The fourth-order valence-electron chi connectivity index (χ4n) is 8.19. The van der Waals surface area contributed by atoms with E-state index in [1.807, 2.05) is 12.4 Å². The Morgan fingerprint density at radius 1 is 0.395 bits per heavy atom. The fraction of sp³-hybridized carbons (Fsp3) is 0.273. The van der Waals surface area contributed by atoms with E-state index in [-0.39, 0.29) is 28.8 Å². The van der Waals surface area contributed by atoms with Gasteiger partial charge in [-0.05, 0) is 164 Å². The molecule has 0 spiro atoms. The summed E-state index contributed by atoms with van der Waals surface area (Å²) in [6.07, 6.45) is 23.9. The number of aliphatic imine (C=N–C) groups is 3. The molecule has 0 saturated heterocycles. The Bertz CT molecular complexity index is 3210. The van der Waals surface area contributed by atoms with E-state index in [0.29, 0.717) is 60.8 Å². The Morgan fingerprint density at radius 3 is 1.31 bits per heavy atom. The number of aryl methyl sites for hydroxylation is 6. The van der Waals surface area contributed by atoms with Gasteiger partial charge in [0.2, 0.25) is 5.13 Å². The number of rotatable bonds is 21. The zero-order valence-electron chi connectivity index (χ0n) is 46.5. The second-order valence-electron chi connectivity index (χ2n) is 19.5. The molecule has 0 fully saturated rings. The molecule has 6 nitrogen and oxygen atoms in total. The van der Waals surface area contributed by atoms with E-state index in [1.165, 1.54) is 102 Å². The smallest absolute Gasteiger partial charge is 0.209 e. The van der Waals surface area contributed by atoms with E-state index < -0.39 is 17.5 Å². The highest BCUT2D eigenvalue weighted by Gasteiger charge is 2.11. The molecule has 0 aliphatic rings. The molecule has 0 bridgehead atoms. The normalized spacial score (nSPS) is 11.4. The number of thiazole rings is 3. The lowest BCUT2D eigenvalue weighted by molar-refractivity contribution is 0.618. The zero-order chi connectivity index (χ0) is 57.7. The van der Waals surface area contributed by atoms with Crippen molar-refractivity contribution in [1.82, 2.24) is 15.0 Å². The molecule has 3 heterocycles. The topological polar surface area (TPSA) is 75.8 Å². The minimum atomic E-state index is -0.440. The summed E-state index contributed by atoms with van der Waals surface area (Å²) < 4.78 is 84.4. The minimum Gasteiger partial charge on any atom is -0.252 e. The van der Waals surface area contributed by atoms with E-state index in [4.69, 9.17) is 0 Å². The third-order valence-corrected chi connectivity index (χ3v) is 16.1. The van der Waals surface area contributed by atoms with Crippen molar-refractivity contribution in [3.63, 3.8) is 0 Å². The molecule has 0 atom stereocenters. The van der Waals surface area contributed by atoms with Gasteiger partial charge in [0.15, 0.2) is 0 Å². The largest absolute Gasteiger partial charge is 0.252 e. The quantitative estimate of drug-likeness (QED) is 0.0409. The van der Waals surface area contributed by atoms with Gasteiger partial charge in [0.25, 0.3) is 0 Å². The monoisotopic (exact) mass is 1150 g/mol. The van der Waals surface area contributed by atoms with Gasteiger partial charge in [0, 0.05) is 46.3 Å². The first-order chi connectivity index (χ1) is 39.2. The molecular formula is C66H66F6N6S3. The Kier molecular flexibility index (Phi) is 23.6. The second kappa shape index (κ2) is 31.1. The molecule has 6 aromatic carbocycles. The van der Waals surface area contributed by atoms with Crippen LogP contribution in [0.1, 0.15) is 125 Å². The average molecular weight is 1150 g/mol. The lowest BCUT2D eigenvalue weighted by Gasteiger charge is -2.05. The Hall–Kier alpha value is -7.20. The number of hydrogen-bond acceptors (Lipinski definition) is 9. The van der Waals surface area contributed by atoms with Crippen molar-refractivity contribution in [1.29, 1.82) is 0 Å². The van der Waals surface area contributed by atoms with Crippen molar-refractivity contribution in [3.05, 3.63) is 210 Å². The molecule has 0 radical (unpaired) electrons. The molecule has 0 saturated carbocycles. The minimum absolute atomic E-state index is 0.245. The van der Waals surface area contributed by atoms with Crippen LogP contribution >= 0.6 is 34.0 Å². The first kappa shape index (κ1) is 61.4. The summed E-state index contributed by atoms with van der Waals surface area (Å²) in [5.74, 6) is -2.15. The molecule has 15 heteroatoms. The number of unbranched alkanes of at least 4 members (excludes halogenated alkanes) is 6. The van der Waals surface area contributed by atoms with Crippen LogP contribution in [0.4, 0.5) is 42.8 Å². The Labute approximate surface area is 484 Å². The van der Waals surface area contributed by atoms with Gasteiger partial charge in [0.1, 0.15) is 39.9 Å². The predicted octanol–water partition coefficient (Wildman–Crippen LogP) is 20.6. The molecule has 0 N–H and O–H groups in total. The molecule has 81 heavy (non-hydrogen) atoms. The van der Waals surface area contributed by atoms with Crippen molar-refractivity contribution in [3.8, 4) is 33.4 Å². The van der Waals surface area contributed by atoms with Crippen LogP contribution in [-0.4, -0.2) is 33.6 Å². The SMILES string of the molecule is CCCCCc1cnc(C=Nc2ccc(-c3ccc(C)c(F)c3)cc2F)s1.CCCCCc1cnc(N=Cc2ccc(-c3ccc(C)c(F)c3)cc2F)s1.CCCCCc1ncc(C=Nc2ccc(-c3ccc(C)c(F)c3)cc2F)s1. The van der Waals surface area contributed by atoms with Crippen LogP contribution < -0.4 is 0 Å². The maximum Gasteiger partial charge on any atom is 0.209 e. The van der Waals surface area contributed by atoms with Crippen molar-refractivity contribution >= 4 is 69.2 Å². The van der Waals surface area contributed by atoms with E-state index in [1.54, 1.807) is 135 Å². The standard InChI is InChI=1S/3C22H22F2N2S/c1-3-4-5-6-22-26-14-18(27-22)13-25-21-10-9-17(12-20(21)24)16-8-7-15(2)19(23)11-16;1-3-4-5-6-19-14-26-22(27-19)25-13-18-10-9-17(12-21(18)24)16-8-7-15(2)20(23)11-16;1-3-4-5-6-18-13-26-22(27-18)14-25-21-10-9-17(12-20(21)24)16-8-7-15(2)19(23)11-16/h3*7-14H,3-6H2,1-2H3. The molecule has 420 valence electrons. The van der Waals surface area contributed by atoms with E-state index >= 15 is 0 Å². The second-order valence-corrected chi connectivity index (χ2v) is 22.9. The summed E-state index contributed by atoms with van der Waals surface area (Å²) in [7, 11) is 0. The van der Waals surface area contributed by atoms with Gasteiger partial charge in [-0.15, -0.1) is 22.7 Å². The summed E-state index contributed by atoms with van der Waals surface area (Å²) >= 11 is 4.71. The molecule has 3 aromatic heterocycles. The Morgan fingerprint density at radius 2 is 0.827 bits per heavy atom. The first-order valence-corrected chi connectivity index (χ1v) is 29.8. The number of nitrogens with zero attached hydrogens (tertiary/aromatic N) is 6. The lowest BCUT2D eigenvalue weighted by atomic mass is 10.0. The zero-order valence-corrected chi connectivity index (χ0v) is 49.0. The number of benzene rings is 6. The van der Waals surface area contributed by atoms with Crippen LogP contribution in [0.15, 0.2) is 143 Å². The van der Waals surface area contributed by atoms with Gasteiger partial charge in [-0.1, -0.05) is 125 Å². The van der Waals surface area contributed by atoms with Gasteiger partial charge in [-0.25, -0.2) is 46.3 Å². The third-order valence-electron chi connectivity index (χ3n) is 13.1. The van der Waals surface area contributed by atoms with Gasteiger partial charge in [-0.3, -0.25) is 9.98 Å². The summed E-state index contributed by atoms with van der Waals surface area (Å²) in [6, 6.07) is 29.0. The molecule has 0 unspecified atom stereocenters. The molecule has 9 aromatic rings. The summed E-state index contributed by atoms with van der Waals surface area (Å²) in [6.45, 7) is 11.6. The van der Waals surface area contributed by atoms with Crippen LogP contribution in [0.5, 0.6) is 0 Å². The number of halogens is 6.